The van der Waals surface area contributed by atoms with Gasteiger partial charge in [0.2, 0.25) is 0 Å². The largest absolute Gasteiger partial charge is 0.457 e. The van der Waals surface area contributed by atoms with Gasteiger partial charge in [-0.15, -0.1) is 0 Å². The van der Waals surface area contributed by atoms with Crippen LogP contribution in [0.2, 0.25) is 5.02 Å². The molecule has 100 valence electrons. The van der Waals surface area contributed by atoms with Gasteiger partial charge in [-0.25, -0.2) is 8.78 Å². The Bertz CT molecular complexity index is 602. The number of hydrogen-bond acceptors (Lipinski definition) is 2. The number of ether oxygens (including phenoxy) is 1. The van der Waals surface area contributed by atoms with Crippen LogP contribution in [0.15, 0.2) is 36.4 Å². The monoisotopic (exact) mass is 283 g/mol. The van der Waals surface area contributed by atoms with E-state index in [1.807, 2.05) is 0 Å². The molecule has 0 radical (unpaired) electrons. The van der Waals surface area contributed by atoms with Gasteiger partial charge in [0.15, 0.2) is 0 Å². The number of halogens is 3. The highest BCUT2D eigenvalue weighted by molar-refractivity contribution is 6.30. The first kappa shape index (κ1) is 13.8. The van der Waals surface area contributed by atoms with Crippen LogP contribution in [0.1, 0.15) is 18.5 Å². The zero-order chi connectivity index (χ0) is 14.0. The lowest BCUT2D eigenvalue weighted by Gasteiger charge is -2.14. The molecule has 19 heavy (non-hydrogen) atoms. The van der Waals surface area contributed by atoms with Gasteiger partial charge in [0.25, 0.3) is 0 Å². The van der Waals surface area contributed by atoms with Gasteiger partial charge in [-0.05, 0) is 31.2 Å². The lowest BCUT2D eigenvalue weighted by atomic mass is 10.1. The van der Waals surface area contributed by atoms with Crippen LogP contribution in [-0.4, -0.2) is 0 Å². The normalized spacial score (nSPS) is 12.3. The zero-order valence-electron chi connectivity index (χ0n) is 10.2. The Morgan fingerprint density at radius 1 is 1.16 bits per heavy atom. The molecule has 0 aliphatic heterocycles. The van der Waals surface area contributed by atoms with Crippen molar-refractivity contribution >= 4 is 11.6 Å². The first-order valence-corrected chi connectivity index (χ1v) is 6.03. The van der Waals surface area contributed by atoms with E-state index in [0.29, 0.717) is 5.75 Å². The maximum atomic E-state index is 13.7. The molecule has 1 unspecified atom stereocenters. The van der Waals surface area contributed by atoms with Gasteiger partial charge in [-0.3, -0.25) is 0 Å². The molecule has 0 spiro atoms. The standard InChI is InChI=1S/C14H12ClF2NO/c1-8(18)14-12(17)3-2-4-13(14)19-9-5-6-11(16)10(15)7-9/h2-8H,18H2,1H3. The average molecular weight is 284 g/mol. The SMILES string of the molecule is CC(N)c1c(F)cccc1Oc1ccc(F)c(Cl)c1. The molecule has 1 atom stereocenters. The van der Waals surface area contributed by atoms with Crippen molar-refractivity contribution in [2.45, 2.75) is 13.0 Å². The Morgan fingerprint density at radius 3 is 2.53 bits per heavy atom. The van der Waals surface area contributed by atoms with Crippen molar-refractivity contribution in [3.8, 4) is 11.5 Å². The molecule has 2 N–H and O–H groups in total. The van der Waals surface area contributed by atoms with E-state index < -0.39 is 17.7 Å². The van der Waals surface area contributed by atoms with Crippen molar-refractivity contribution in [1.82, 2.24) is 0 Å². The molecule has 2 nitrogen and oxygen atoms in total. The lowest BCUT2D eigenvalue weighted by Crippen LogP contribution is -2.09. The molecule has 0 aliphatic carbocycles. The highest BCUT2D eigenvalue weighted by Crippen LogP contribution is 2.32. The Balaban J connectivity index is 2.38. The second-order valence-electron chi connectivity index (χ2n) is 4.12. The maximum Gasteiger partial charge on any atom is 0.142 e. The molecule has 2 aromatic carbocycles. The molecular formula is C14H12ClF2NO. The topological polar surface area (TPSA) is 35.2 Å². The molecule has 2 rings (SSSR count). The van der Waals surface area contributed by atoms with Crippen LogP contribution in [0, 0.1) is 11.6 Å². The quantitative estimate of drug-likeness (QED) is 0.904. The van der Waals surface area contributed by atoms with Gasteiger partial charge in [0, 0.05) is 17.7 Å². The smallest absolute Gasteiger partial charge is 0.142 e. The van der Waals surface area contributed by atoms with Crippen molar-refractivity contribution in [1.29, 1.82) is 0 Å². The van der Waals surface area contributed by atoms with E-state index in [2.05, 4.69) is 0 Å². The van der Waals surface area contributed by atoms with E-state index in [-0.39, 0.29) is 16.3 Å². The molecule has 5 heteroatoms. The Kier molecular flexibility index (Phi) is 4.02. The fraction of sp³-hybridized carbons (Fsp3) is 0.143. The molecule has 0 bridgehead atoms. The Morgan fingerprint density at radius 2 is 1.89 bits per heavy atom. The first-order chi connectivity index (χ1) is 8.99. The van der Waals surface area contributed by atoms with Crippen LogP contribution in [0.5, 0.6) is 11.5 Å². The van der Waals surface area contributed by atoms with E-state index in [1.54, 1.807) is 13.0 Å². The Hall–Kier alpha value is -1.65. The summed E-state index contributed by atoms with van der Waals surface area (Å²) >= 11 is 5.66. The van der Waals surface area contributed by atoms with Crippen molar-refractivity contribution < 1.29 is 13.5 Å². The summed E-state index contributed by atoms with van der Waals surface area (Å²) in [7, 11) is 0. The molecule has 0 saturated heterocycles. The number of benzene rings is 2. The summed E-state index contributed by atoms with van der Waals surface area (Å²) in [5.41, 5.74) is 5.98. The van der Waals surface area contributed by atoms with Gasteiger partial charge < -0.3 is 10.5 Å². The van der Waals surface area contributed by atoms with Crippen molar-refractivity contribution in [3.05, 3.63) is 58.6 Å². The van der Waals surface area contributed by atoms with Crippen LogP contribution in [0.25, 0.3) is 0 Å². The van der Waals surface area contributed by atoms with Crippen molar-refractivity contribution in [3.63, 3.8) is 0 Å². The van der Waals surface area contributed by atoms with Crippen LogP contribution < -0.4 is 10.5 Å². The third-order valence-corrected chi connectivity index (χ3v) is 2.88. The molecule has 0 amide bonds. The van der Waals surface area contributed by atoms with Crippen LogP contribution in [-0.2, 0) is 0 Å². The Labute approximate surface area is 114 Å². The van der Waals surface area contributed by atoms with Gasteiger partial charge in [-0.2, -0.15) is 0 Å². The van der Waals surface area contributed by atoms with Crippen molar-refractivity contribution in [2.24, 2.45) is 5.73 Å². The summed E-state index contributed by atoms with van der Waals surface area (Å²) in [4.78, 5) is 0. The van der Waals surface area contributed by atoms with Gasteiger partial charge in [0.05, 0.1) is 5.02 Å². The van der Waals surface area contributed by atoms with E-state index in [4.69, 9.17) is 22.1 Å². The molecular weight excluding hydrogens is 272 g/mol. The van der Waals surface area contributed by atoms with E-state index >= 15 is 0 Å². The predicted octanol–water partition coefficient (Wildman–Crippen LogP) is 4.43. The van der Waals surface area contributed by atoms with E-state index in [0.717, 1.165) is 0 Å². The summed E-state index contributed by atoms with van der Waals surface area (Å²) in [6.45, 7) is 1.66. The van der Waals surface area contributed by atoms with E-state index in [1.165, 1.54) is 30.3 Å². The lowest BCUT2D eigenvalue weighted by molar-refractivity contribution is 0.459. The molecule has 2 aromatic rings. The number of hydrogen-bond donors (Lipinski definition) is 1. The van der Waals surface area contributed by atoms with Crippen LogP contribution in [0.4, 0.5) is 8.78 Å². The average Bonchev–Trinajstić information content (AvgIpc) is 2.33. The number of rotatable bonds is 3. The van der Waals surface area contributed by atoms with Gasteiger partial charge >= 0.3 is 0 Å². The van der Waals surface area contributed by atoms with Gasteiger partial charge in [0.1, 0.15) is 23.1 Å². The first-order valence-electron chi connectivity index (χ1n) is 5.66. The third kappa shape index (κ3) is 3.03. The minimum absolute atomic E-state index is 0.0590. The molecule has 0 aliphatic rings. The zero-order valence-corrected chi connectivity index (χ0v) is 10.9. The highest BCUT2D eigenvalue weighted by Gasteiger charge is 2.14. The van der Waals surface area contributed by atoms with Crippen molar-refractivity contribution in [2.75, 3.05) is 0 Å². The molecule has 0 aromatic heterocycles. The summed E-state index contributed by atoms with van der Waals surface area (Å²) in [5, 5.41) is -0.0590. The highest BCUT2D eigenvalue weighted by atomic mass is 35.5. The molecule has 0 fully saturated rings. The maximum absolute atomic E-state index is 13.7. The number of nitrogens with two attached hydrogens (primary N) is 1. The second-order valence-corrected chi connectivity index (χ2v) is 4.53. The minimum Gasteiger partial charge on any atom is -0.457 e. The predicted molar refractivity (Wildman–Crippen MR) is 70.5 cm³/mol. The summed E-state index contributed by atoms with van der Waals surface area (Å²) < 4.78 is 32.3. The molecule has 0 saturated carbocycles. The van der Waals surface area contributed by atoms with E-state index in [9.17, 15) is 8.78 Å². The van der Waals surface area contributed by atoms with Crippen LogP contribution >= 0.6 is 11.6 Å². The minimum atomic E-state index is -0.541. The molecule has 0 heterocycles. The fourth-order valence-electron chi connectivity index (χ4n) is 1.72. The third-order valence-electron chi connectivity index (χ3n) is 2.59. The van der Waals surface area contributed by atoms with Gasteiger partial charge in [-0.1, -0.05) is 17.7 Å². The second kappa shape index (κ2) is 5.55. The fourth-order valence-corrected chi connectivity index (χ4v) is 1.89. The summed E-state index contributed by atoms with van der Waals surface area (Å²) in [6.07, 6.45) is 0. The summed E-state index contributed by atoms with van der Waals surface area (Å²) in [5.74, 6) is -0.377. The van der Waals surface area contributed by atoms with Crippen LogP contribution in [0.3, 0.4) is 0 Å². The summed E-state index contributed by atoms with van der Waals surface area (Å²) in [6, 6.07) is 7.82.